The molecule has 1 fully saturated rings. The molecule has 5 nitrogen and oxygen atoms in total. The van der Waals surface area contributed by atoms with Crippen LogP contribution >= 0.6 is 36.2 Å². The molecule has 1 unspecified atom stereocenters. The zero-order chi connectivity index (χ0) is 11.2. The number of hydrogen-bond acceptors (Lipinski definition) is 5. The average Bonchev–Trinajstić information content (AvgIpc) is 2.83. The minimum Gasteiger partial charge on any atom is -0.366 e. The van der Waals surface area contributed by atoms with E-state index in [0.29, 0.717) is 19.7 Å². The first kappa shape index (κ1) is 17.6. The first-order chi connectivity index (χ1) is 7.86. The molecule has 2 N–H and O–H groups in total. The molecule has 0 radical (unpaired) electrons. The topological polar surface area (TPSA) is 63.2 Å². The van der Waals surface area contributed by atoms with Gasteiger partial charge >= 0.3 is 0 Å². The Balaban J connectivity index is 0.00000144. The van der Waals surface area contributed by atoms with Crippen LogP contribution in [0.1, 0.15) is 5.69 Å². The van der Waals surface area contributed by atoms with E-state index in [-0.39, 0.29) is 36.8 Å². The van der Waals surface area contributed by atoms with Gasteiger partial charge in [-0.1, -0.05) is 0 Å². The summed E-state index contributed by atoms with van der Waals surface area (Å²) in [4.78, 5) is 15.8. The van der Waals surface area contributed by atoms with Crippen LogP contribution in [0.15, 0.2) is 10.9 Å². The Kier molecular flexibility index (Phi) is 9.31. The van der Waals surface area contributed by atoms with Gasteiger partial charge in [-0.2, -0.15) is 0 Å². The summed E-state index contributed by atoms with van der Waals surface area (Å²) in [6.07, 6.45) is 0.430. The number of ether oxygens (including phenoxy) is 1. The van der Waals surface area contributed by atoms with Crippen LogP contribution in [-0.2, 0) is 16.0 Å². The molecule has 1 atom stereocenters. The molecule has 1 aromatic rings. The number of nitrogens with one attached hydrogen (secondary N) is 2. The number of hydrogen-bond donors (Lipinski definition) is 2. The van der Waals surface area contributed by atoms with Crippen LogP contribution in [0.25, 0.3) is 0 Å². The lowest BCUT2D eigenvalue weighted by atomic mass is 10.2. The Morgan fingerprint density at radius 1 is 1.61 bits per heavy atom. The highest BCUT2D eigenvalue weighted by Gasteiger charge is 2.20. The molecule has 104 valence electrons. The van der Waals surface area contributed by atoms with Gasteiger partial charge in [-0.3, -0.25) is 4.79 Å². The van der Waals surface area contributed by atoms with Gasteiger partial charge in [-0.15, -0.1) is 36.2 Å². The third kappa shape index (κ3) is 5.49. The summed E-state index contributed by atoms with van der Waals surface area (Å²) < 4.78 is 5.34. The van der Waals surface area contributed by atoms with Gasteiger partial charge in [0.15, 0.2) is 0 Å². The lowest BCUT2D eigenvalue weighted by Crippen LogP contribution is -2.48. The van der Waals surface area contributed by atoms with Crippen molar-refractivity contribution >= 4 is 42.1 Å². The van der Waals surface area contributed by atoms with E-state index in [1.54, 1.807) is 16.8 Å². The van der Waals surface area contributed by atoms with Gasteiger partial charge in [0.2, 0.25) is 5.91 Å². The molecule has 1 aromatic heterocycles. The summed E-state index contributed by atoms with van der Waals surface area (Å²) in [7, 11) is 0. The van der Waals surface area contributed by atoms with Crippen LogP contribution in [0.2, 0.25) is 0 Å². The van der Waals surface area contributed by atoms with Crippen LogP contribution < -0.4 is 10.6 Å². The standard InChI is InChI=1S/C10H15N3O2S.2ClH/c14-10(9-5-11-3-4-15-9)12-2-1-8-6-16-7-13-8;;/h6-7,9,11H,1-5H2,(H,12,14);2*1H. The fraction of sp³-hybridized carbons (Fsp3) is 0.600. The van der Waals surface area contributed by atoms with Gasteiger partial charge in [0.1, 0.15) is 6.10 Å². The molecule has 0 spiro atoms. The zero-order valence-corrected chi connectivity index (χ0v) is 12.2. The number of halogens is 2. The van der Waals surface area contributed by atoms with E-state index in [2.05, 4.69) is 15.6 Å². The summed E-state index contributed by atoms with van der Waals surface area (Å²) in [6.45, 7) is 2.64. The largest absolute Gasteiger partial charge is 0.366 e. The molecular formula is C10H17Cl2N3O2S. The van der Waals surface area contributed by atoms with Crippen molar-refractivity contribution in [1.82, 2.24) is 15.6 Å². The number of rotatable bonds is 4. The second kappa shape index (κ2) is 9.52. The average molecular weight is 314 g/mol. The maximum atomic E-state index is 11.6. The Hall–Kier alpha value is -0.400. The second-order valence-electron chi connectivity index (χ2n) is 3.58. The number of thiazole rings is 1. The van der Waals surface area contributed by atoms with Crippen LogP contribution in [0, 0.1) is 0 Å². The molecule has 0 aliphatic carbocycles. The summed E-state index contributed by atoms with van der Waals surface area (Å²) in [5.41, 5.74) is 2.82. The van der Waals surface area contributed by atoms with Crippen LogP contribution in [0.4, 0.5) is 0 Å². The van der Waals surface area contributed by atoms with Gasteiger partial charge < -0.3 is 15.4 Å². The predicted molar refractivity (Wildman–Crippen MR) is 75.9 cm³/mol. The van der Waals surface area contributed by atoms with Gasteiger partial charge in [0.05, 0.1) is 17.8 Å². The molecule has 0 bridgehead atoms. The number of morpholine rings is 1. The number of aromatic nitrogens is 1. The number of carbonyl (C=O) groups excluding carboxylic acids is 1. The molecule has 2 rings (SSSR count). The second-order valence-corrected chi connectivity index (χ2v) is 4.30. The predicted octanol–water partition coefficient (Wildman–Crippen LogP) is 0.634. The normalized spacial score (nSPS) is 18.3. The summed E-state index contributed by atoms with van der Waals surface area (Å²) in [5, 5.41) is 7.97. The highest BCUT2D eigenvalue weighted by atomic mass is 35.5. The molecule has 1 saturated heterocycles. The van der Waals surface area contributed by atoms with E-state index in [9.17, 15) is 4.79 Å². The molecule has 1 aliphatic heterocycles. The Labute approximate surface area is 123 Å². The Morgan fingerprint density at radius 3 is 3.06 bits per heavy atom. The third-order valence-corrected chi connectivity index (χ3v) is 3.02. The quantitative estimate of drug-likeness (QED) is 0.856. The van der Waals surface area contributed by atoms with Crippen molar-refractivity contribution in [3.8, 4) is 0 Å². The molecule has 18 heavy (non-hydrogen) atoms. The molecule has 8 heteroatoms. The smallest absolute Gasteiger partial charge is 0.250 e. The van der Waals surface area contributed by atoms with Crippen molar-refractivity contribution in [2.75, 3.05) is 26.2 Å². The Bertz CT molecular complexity index is 332. The van der Waals surface area contributed by atoms with Crippen molar-refractivity contribution in [2.45, 2.75) is 12.5 Å². The minimum absolute atomic E-state index is 0. The van der Waals surface area contributed by atoms with Gasteiger partial charge in [0, 0.05) is 31.4 Å². The van der Waals surface area contributed by atoms with Crippen LogP contribution in [-0.4, -0.2) is 43.2 Å². The fourth-order valence-electron chi connectivity index (χ4n) is 1.52. The van der Waals surface area contributed by atoms with Crippen molar-refractivity contribution in [2.24, 2.45) is 0 Å². The Morgan fingerprint density at radius 2 is 2.44 bits per heavy atom. The maximum absolute atomic E-state index is 11.6. The van der Waals surface area contributed by atoms with E-state index in [1.807, 2.05) is 5.38 Å². The molecule has 1 aliphatic rings. The SMILES string of the molecule is Cl.Cl.O=C(NCCc1cscn1)C1CNCCO1. The van der Waals surface area contributed by atoms with Crippen LogP contribution in [0.5, 0.6) is 0 Å². The third-order valence-electron chi connectivity index (χ3n) is 2.38. The highest BCUT2D eigenvalue weighted by Crippen LogP contribution is 2.01. The maximum Gasteiger partial charge on any atom is 0.250 e. The van der Waals surface area contributed by atoms with E-state index in [0.717, 1.165) is 18.7 Å². The lowest BCUT2D eigenvalue weighted by molar-refractivity contribution is -0.134. The first-order valence-electron chi connectivity index (χ1n) is 5.33. The molecule has 2 heterocycles. The van der Waals surface area contributed by atoms with Crippen molar-refractivity contribution in [1.29, 1.82) is 0 Å². The van der Waals surface area contributed by atoms with E-state index in [1.165, 1.54) is 0 Å². The van der Waals surface area contributed by atoms with Gasteiger partial charge in [-0.25, -0.2) is 4.98 Å². The number of amides is 1. The summed E-state index contributed by atoms with van der Waals surface area (Å²) in [5.74, 6) is -0.0394. The highest BCUT2D eigenvalue weighted by molar-refractivity contribution is 7.07. The van der Waals surface area contributed by atoms with Crippen molar-refractivity contribution < 1.29 is 9.53 Å². The van der Waals surface area contributed by atoms with Gasteiger partial charge in [0.25, 0.3) is 0 Å². The monoisotopic (exact) mass is 313 g/mol. The minimum atomic E-state index is -0.343. The molecule has 0 aromatic carbocycles. The lowest BCUT2D eigenvalue weighted by Gasteiger charge is -2.22. The van der Waals surface area contributed by atoms with Crippen LogP contribution in [0.3, 0.4) is 0 Å². The van der Waals surface area contributed by atoms with E-state index >= 15 is 0 Å². The van der Waals surface area contributed by atoms with Crippen molar-refractivity contribution in [3.63, 3.8) is 0 Å². The molecular weight excluding hydrogens is 297 g/mol. The summed E-state index contributed by atoms with van der Waals surface area (Å²) in [6, 6.07) is 0. The summed E-state index contributed by atoms with van der Waals surface area (Å²) >= 11 is 1.57. The van der Waals surface area contributed by atoms with Gasteiger partial charge in [-0.05, 0) is 0 Å². The number of nitrogens with zero attached hydrogens (tertiary/aromatic N) is 1. The first-order valence-corrected chi connectivity index (χ1v) is 6.27. The van der Waals surface area contributed by atoms with Crippen molar-refractivity contribution in [3.05, 3.63) is 16.6 Å². The zero-order valence-electron chi connectivity index (χ0n) is 9.76. The van der Waals surface area contributed by atoms with E-state index in [4.69, 9.17) is 4.74 Å². The molecule has 0 saturated carbocycles. The number of carbonyl (C=O) groups is 1. The molecule has 1 amide bonds. The fourth-order valence-corrected chi connectivity index (χ4v) is 2.12. The van der Waals surface area contributed by atoms with E-state index < -0.39 is 0 Å².